The number of carbonyl (C=O) groups excluding carboxylic acids is 1. The number of amides is 2. The molecular weight excluding hydrogens is 489 g/mol. The SMILES string of the molecule is Cc1nn(-c2ccccc2)c2c1CN(C(=O)Nc1ccccc1F)[C@@H](c1ccc(C(C)C)cc1)c1cccn1-2. The fourth-order valence-electron chi connectivity index (χ4n) is 5.31. The maximum atomic E-state index is 14.6. The number of nitrogens with one attached hydrogen (secondary N) is 1. The van der Waals surface area contributed by atoms with Gasteiger partial charge in [-0.1, -0.05) is 68.4 Å². The summed E-state index contributed by atoms with van der Waals surface area (Å²) in [4.78, 5) is 15.7. The minimum Gasteiger partial charge on any atom is -0.307 e. The van der Waals surface area contributed by atoms with Crippen molar-refractivity contribution >= 4 is 11.7 Å². The summed E-state index contributed by atoms with van der Waals surface area (Å²) in [7, 11) is 0. The number of fused-ring (bicyclic) bond motifs is 3. The van der Waals surface area contributed by atoms with Gasteiger partial charge in [-0.3, -0.25) is 0 Å². The van der Waals surface area contributed by atoms with Crippen LogP contribution in [-0.4, -0.2) is 25.3 Å². The van der Waals surface area contributed by atoms with Gasteiger partial charge in [0.1, 0.15) is 11.6 Å². The van der Waals surface area contributed by atoms with Gasteiger partial charge in [0.05, 0.1) is 35.3 Å². The summed E-state index contributed by atoms with van der Waals surface area (Å²) in [5.74, 6) is 0.806. The van der Waals surface area contributed by atoms with Gasteiger partial charge in [-0.05, 0) is 60.4 Å². The van der Waals surface area contributed by atoms with E-state index in [2.05, 4.69) is 48.0 Å². The quantitative estimate of drug-likeness (QED) is 0.270. The summed E-state index contributed by atoms with van der Waals surface area (Å²) in [5, 5.41) is 7.71. The number of carbonyl (C=O) groups is 1. The number of benzene rings is 3. The molecule has 0 spiro atoms. The number of nitrogens with zero attached hydrogens (tertiary/aromatic N) is 4. The van der Waals surface area contributed by atoms with E-state index in [-0.39, 0.29) is 11.7 Å². The van der Waals surface area contributed by atoms with Gasteiger partial charge in [0.2, 0.25) is 0 Å². The smallest absolute Gasteiger partial charge is 0.307 e. The summed E-state index contributed by atoms with van der Waals surface area (Å²) >= 11 is 0. The first-order chi connectivity index (χ1) is 18.9. The number of aryl methyl sites for hydroxylation is 1. The molecule has 5 aromatic rings. The number of aromatic nitrogens is 3. The third-order valence-corrected chi connectivity index (χ3v) is 7.38. The van der Waals surface area contributed by atoms with E-state index in [9.17, 15) is 9.18 Å². The fraction of sp³-hybridized carbons (Fsp3) is 0.188. The number of anilines is 1. The van der Waals surface area contributed by atoms with Crippen LogP contribution in [0, 0.1) is 12.7 Å². The molecule has 3 heterocycles. The lowest BCUT2D eigenvalue weighted by atomic mass is 9.97. The van der Waals surface area contributed by atoms with Gasteiger partial charge in [0.15, 0.2) is 0 Å². The second-order valence-electron chi connectivity index (χ2n) is 10.2. The molecule has 0 saturated carbocycles. The molecular formula is C32H30FN5O. The van der Waals surface area contributed by atoms with Crippen molar-refractivity contribution in [2.45, 2.75) is 39.3 Å². The van der Waals surface area contributed by atoms with Crippen molar-refractivity contribution in [2.24, 2.45) is 0 Å². The summed E-state index contributed by atoms with van der Waals surface area (Å²) in [5.41, 5.74) is 5.96. The molecule has 2 amide bonds. The molecule has 2 aromatic heterocycles. The number of rotatable bonds is 4. The van der Waals surface area contributed by atoms with Crippen LogP contribution in [0.25, 0.3) is 11.5 Å². The van der Waals surface area contributed by atoms with E-state index in [0.717, 1.165) is 34.0 Å². The standard InChI is InChI=1S/C32H30FN5O/c1-21(2)23-15-17-24(18-16-23)30-29-14-9-19-36(29)31-26(22(3)35-38(31)25-10-5-4-6-11-25)20-37(30)32(39)34-28-13-8-7-12-27(28)33/h4-19,21,30H,20H2,1-3H3,(H,34,39)/t30-/m0/s1. The van der Waals surface area contributed by atoms with Gasteiger partial charge in [0.25, 0.3) is 0 Å². The number of para-hydroxylation sites is 2. The highest BCUT2D eigenvalue weighted by molar-refractivity contribution is 5.90. The molecule has 0 bridgehead atoms. The van der Waals surface area contributed by atoms with E-state index in [1.807, 2.05) is 60.3 Å². The first-order valence-corrected chi connectivity index (χ1v) is 13.2. The van der Waals surface area contributed by atoms with Gasteiger partial charge >= 0.3 is 6.03 Å². The van der Waals surface area contributed by atoms with Crippen molar-refractivity contribution in [3.05, 3.63) is 131 Å². The highest BCUT2D eigenvalue weighted by atomic mass is 19.1. The third-order valence-electron chi connectivity index (χ3n) is 7.38. The van der Waals surface area contributed by atoms with Crippen LogP contribution in [0.2, 0.25) is 0 Å². The summed E-state index contributed by atoms with van der Waals surface area (Å²) in [6.45, 7) is 6.59. The Morgan fingerprint density at radius 1 is 0.949 bits per heavy atom. The second kappa shape index (κ2) is 9.91. The van der Waals surface area contributed by atoms with Crippen LogP contribution in [0.5, 0.6) is 0 Å². The van der Waals surface area contributed by atoms with Gasteiger partial charge in [-0.2, -0.15) is 5.10 Å². The average molecular weight is 520 g/mol. The highest BCUT2D eigenvalue weighted by Crippen LogP contribution is 2.39. The summed E-state index contributed by atoms with van der Waals surface area (Å²) in [6, 6.07) is 27.9. The molecule has 3 aromatic carbocycles. The van der Waals surface area contributed by atoms with Crippen molar-refractivity contribution in [1.29, 1.82) is 0 Å². The lowest BCUT2D eigenvalue weighted by molar-refractivity contribution is 0.194. The Hall–Kier alpha value is -4.65. The predicted molar refractivity (Wildman–Crippen MR) is 151 cm³/mol. The molecule has 196 valence electrons. The van der Waals surface area contributed by atoms with Crippen molar-refractivity contribution in [1.82, 2.24) is 19.2 Å². The molecule has 0 radical (unpaired) electrons. The maximum Gasteiger partial charge on any atom is 0.323 e. The number of urea groups is 1. The largest absolute Gasteiger partial charge is 0.323 e. The van der Waals surface area contributed by atoms with Crippen LogP contribution in [0.15, 0.2) is 97.2 Å². The van der Waals surface area contributed by atoms with E-state index in [4.69, 9.17) is 5.10 Å². The molecule has 0 unspecified atom stereocenters. The molecule has 0 fully saturated rings. The molecule has 1 aliphatic heterocycles. The van der Waals surface area contributed by atoms with Crippen LogP contribution >= 0.6 is 0 Å². The van der Waals surface area contributed by atoms with E-state index in [1.54, 1.807) is 23.1 Å². The highest BCUT2D eigenvalue weighted by Gasteiger charge is 2.36. The van der Waals surface area contributed by atoms with Gasteiger partial charge in [0, 0.05) is 11.8 Å². The molecule has 7 heteroatoms. The Balaban J connectivity index is 1.53. The Morgan fingerprint density at radius 3 is 2.38 bits per heavy atom. The lowest BCUT2D eigenvalue weighted by Gasteiger charge is -2.31. The average Bonchev–Trinajstić information content (AvgIpc) is 3.51. The third kappa shape index (κ3) is 4.40. The molecule has 1 atom stereocenters. The Bertz CT molecular complexity index is 1640. The van der Waals surface area contributed by atoms with Crippen molar-refractivity contribution in [2.75, 3.05) is 5.32 Å². The zero-order valence-electron chi connectivity index (χ0n) is 22.2. The van der Waals surface area contributed by atoms with E-state index >= 15 is 0 Å². The zero-order chi connectivity index (χ0) is 27.1. The Morgan fingerprint density at radius 2 is 1.67 bits per heavy atom. The Kier molecular flexibility index (Phi) is 6.27. The van der Waals surface area contributed by atoms with Crippen LogP contribution < -0.4 is 5.32 Å². The molecule has 39 heavy (non-hydrogen) atoms. The normalized spacial score (nSPS) is 14.6. The number of hydrogen-bond donors (Lipinski definition) is 1. The van der Waals surface area contributed by atoms with E-state index in [1.165, 1.54) is 11.6 Å². The summed E-state index contributed by atoms with van der Waals surface area (Å²) < 4.78 is 18.6. The molecule has 1 aliphatic rings. The van der Waals surface area contributed by atoms with Crippen molar-refractivity contribution in [3.8, 4) is 11.5 Å². The van der Waals surface area contributed by atoms with Gasteiger partial charge in [-0.25, -0.2) is 13.9 Å². The molecule has 6 rings (SSSR count). The van der Waals surface area contributed by atoms with Gasteiger partial charge < -0.3 is 14.8 Å². The van der Waals surface area contributed by atoms with E-state index in [0.29, 0.717) is 12.5 Å². The number of hydrogen-bond acceptors (Lipinski definition) is 2. The van der Waals surface area contributed by atoms with Crippen molar-refractivity contribution < 1.29 is 9.18 Å². The van der Waals surface area contributed by atoms with E-state index < -0.39 is 11.9 Å². The second-order valence-corrected chi connectivity index (χ2v) is 10.2. The Labute approximate surface area is 227 Å². The number of halogens is 1. The lowest BCUT2D eigenvalue weighted by Crippen LogP contribution is -2.38. The first-order valence-electron chi connectivity index (χ1n) is 13.2. The fourth-order valence-corrected chi connectivity index (χ4v) is 5.31. The zero-order valence-corrected chi connectivity index (χ0v) is 22.2. The van der Waals surface area contributed by atoms with Gasteiger partial charge in [-0.15, -0.1) is 0 Å². The minimum atomic E-state index is -0.476. The molecule has 1 N–H and O–H groups in total. The molecule has 0 aliphatic carbocycles. The minimum absolute atomic E-state index is 0.146. The molecule has 6 nitrogen and oxygen atoms in total. The summed E-state index contributed by atoms with van der Waals surface area (Å²) in [6.07, 6.45) is 2.02. The molecule has 0 saturated heterocycles. The maximum absolute atomic E-state index is 14.6. The van der Waals surface area contributed by atoms with Crippen LogP contribution in [0.1, 0.15) is 53.9 Å². The topological polar surface area (TPSA) is 55.1 Å². The predicted octanol–water partition coefficient (Wildman–Crippen LogP) is 7.37. The van der Waals surface area contributed by atoms with Crippen molar-refractivity contribution in [3.63, 3.8) is 0 Å². The monoisotopic (exact) mass is 519 g/mol. The van der Waals surface area contributed by atoms with Crippen LogP contribution in [-0.2, 0) is 6.54 Å². The first kappa shape index (κ1) is 24.7. The van der Waals surface area contributed by atoms with Crippen LogP contribution in [0.3, 0.4) is 0 Å². The van der Waals surface area contributed by atoms with Crippen LogP contribution in [0.4, 0.5) is 14.9 Å².